The fourth-order valence-corrected chi connectivity index (χ4v) is 9.67. The average Bonchev–Trinajstić information content (AvgIpc) is 2.52. The minimum absolute atomic E-state index is 0.430. The molecule has 8 rings (SSSR count). The van der Waals surface area contributed by atoms with E-state index in [4.69, 9.17) is 70.6 Å². The van der Waals surface area contributed by atoms with E-state index in [1.807, 2.05) is 103 Å². The van der Waals surface area contributed by atoms with E-state index < -0.39 is 0 Å². The molecule has 0 heterocycles. The van der Waals surface area contributed by atoms with Crippen LogP contribution >= 0.6 is 23.2 Å². The van der Waals surface area contributed by atoms with Crippen molar-refractivity contribution in [2.75, 3.05) is 122 Å². The molecule has 0 atom stereocenters. The van der Waals surface area contributed by atoms with Crippen molar-refractivity contribution in [1.82, 2.24) is 4.90 Å². The molecule has 11 nitrogen and oxygen atoms in total. The number of halogens is 2. The van der Waals surface area contributed by atoms with Gasteiger partial charge in [-0.25, -0.2) is 0 Å². The van der Waals surface area contributed by atoms with Crippen molar-refractivity contribution < 1.29 is 47.4 Å². The van der Waals surface area contributed by atoms with Crippen LogP contribution in [0.15, 0.2) is 206 Å². The summed E-state index contributed by atoms with van der Waals surface area (Å²) in [6.07, 6.45) is 3.99. The molecule has 0 spiro atoms. The van der Waals surface area contributed by atoms with E-state index in [0.29, 0.717) is 77.7 Å². The number of nitrogens with zero attached hydrogens (tertiary/aromatic N) is 1. The average molecular weight is 1250 g/mol. The van der Waals surface area contributed by atoms with Gasteiger partial charge in [0.2, 0.25) is 0 Å². The first-order chi connectivity index (χ1) is 43.6. The fraction of sp³-hybridized carbons (Fsp3) is 0.289. The van der Waals surface area contributed by atoms with Crippen molar-refractivity contribution in [3.63, 3.8) is 0 Å². The molecule has 0 aliphatic heterocycles. The molecule has 8 aromatic rings. The number of methoxy groups -OCH3 is 4. The SMILES string of the molecule is CC/C(=C(\c1ccccc1)c1ccc(OCCN(C)C)cc1)c1ccccc1.CCc1ccc(/C=C(\Cl)c2ccc(OC)cc2)cc1.COCCOCCOCCOCCOCCOc1ccc(/C(=C(/Cl)c2ccc(OC)cc2)c2ccc(OC)cc2)cc1. The summed E-state index contributed by atoms with van der Waals surface area (Å²) in [5, 5.41) is 1.36. The van der Waals surface area contributed by atoms with Crippen molar-refractivity contribution in [2.45, 2.75) is 26.7 Å². The minimum Gasteiger partial charge on any atom is -0.497 e. The van der Waals surface area contributed by atoms with E-state index in [1.54, 1.807) is 28.4 Å². The Hall–Kier alpha value is -7.68. The van der Waals surface area contributed by atoms with Crippen LogP contribution in [0.3, 0.4) is 0 Å². The first kappa shape index (κ1) is 70.4. The summed E-state index contributed by atoms with van der Waals surface area (Å²) in [5.41, 5.74) is 13.5. The Morgan fingerprint density at radius 3 is 1.16 bits per heavy atom. The van der Waals surface area contributed by atoms with Gasteiger partial charge in [0.05, 0.1) is 85.8 Å². The molecule has 0 aliphatic carbocycles. The third-order valence-corrected chi connectivity index (χ3v) is 14.7. The number of hydrogen-bond donors (Lipinski definition) is 0. The quantitative estimate of drug-likeness (QED) is 0.0291. The highest BCUT2D eigenvalue weighted by atomic mass is 35.5. The minimum atomic E-state index is 0.430. The van der Waals surface area contributed by atoms with Crippen LogP contribution in [-0.4, -0.2) is 127 Å². The summed E-state index contributed by atoms with van der Waals surface area (Å²) >= 11 is 13.3. The van der Waals surface area contributed by atoms with Crippen LogP contribution in [0.2, 0.25) is 0 Å². The molecule has 0 aromatic heterocycles. The molecule has 13 heteroatoms. The lowest BCUT2D eigenvalue weighted by Gasteiger charge is -2.17. The van der Waals surface area contributed by atoms with Crippen molar-refractivity contribution in [2.24, 2.45) is 0 Å². The zero-order chi connectivity index (χ0) is 63.3. The summed E-state index contributed by atoms with van der Waals surface area (Å²) in [7, 11) is 10.7. The lowest BCUT2D eigenvalue weighted by molar-refractivity contribution is -0.00978. The number of ether oxygens (including phenoxy) is 10. The maximum atomic E-state index is 6.99. The number of allylic oxidation sites excluding steroid dienone is 1. The first-order valence-corrected chi connectivity index (χ1v) is 30.9. The second-order valence-electron chi connectivity index (χ2n) is 20.4. The van der Waals surface area contributed by atoms with Gasteiger partial charge in [0.15, 0.2) is 0 Å². The third kappa shape index (κ3) is 24.7. The molecule has 0 amide bonds. The Morgan fingerprint density at radius 2 is 0.742 bits per heavy atom. The molecular weight excluding hydrogens is 1160 g/mol. The molecular formula is C76H87Cl2NO10. The maximum absolute atomic E-state index is 6.99. The fourth-order valence-electron chi connectivity index (χ4n) is 9.08. The molecule has 89 heavy (non-hydrogen) atoms. The topological polar surface area (TPSA) is 95.5 Å². The summed E-state index contributed by atoms with van der Waals surface area (Å²) in [5.74, 6) is 4.04. The third-order valence-electron chi connectivity index (χ3n) is 14.0. The van der Waals surface area contributed by atoms with Crippen molar-refractivity contribution in [3.8, 4) is 28.7 Å². The van der Waals surface area contributed by atoms with Gasteiger partial charge in [-0.05, 0) is 179 Å². The Labute approximate surface area is 538 Å². The number of aryl methyl sites for hydroxylation is 1. The second-order valence-corrected chi connectivity index (χ2v) is 21.2. The molecule has 470 valence electrons. The molecule has 0 saturated heterocycles. The highest BCUT2D eigenvalue weighted by Crippen LogP contribution is 2.38. The van der Waals surface area contributed by atoms with Gasteiger partial charge in [0.25, 0.3) is 0 Å². The molecule has 0 radical (unpaired) electrons. The highest BCUT2D eigenvalue weighted by Gasteiger charge is 2.16. The predicted octanol–water partition coefficient (Wildman–Crippen LogP) is 16.9. The van der Waals surface area contributed by atoms with Crippen LogP contribution < -0.4 is 23.7 Å². The van der Waals surface area contributed by atoms with E-state index in [2.05, 4.69) is 142 Å². The van der Waals surface area contributed by atoms with Gasteiger partial charge < -0.3 is 52.3 Å². The van der Waals surface area contributed by atoms with Gasteiger partial charge in [-0.15, -0.1) is 0 Å². The van der Waals surface area contributed by atoms with Crippen LogP contribution in [0, 0.1) is 0 Å². The van der Waals surface area contributed by atoms with Gasteiger partial charge in [-0.2, -0.15) is 0 Å². The Kier molecular flexibility index (Phi) is 32.3. The molecule has 0 fully saturated rings. The van der Waals surface area contributed by atoms with Gasteiger partial charge >= 0.3 is 0 Å². The summed E-state index contributed by atoms with van der Waals surface area (Å²) in [4.78, 5) is 2.12. The van der Waals surface area contributed by atoms with Gasteiger partial charge in [0, 0.05) is 24.3 Å². The molecule has 0 saturated carbocycles. The standard InChI is InChI=1S/C33H41ClO8.C26H29NO.C17H17ClO/c1-35-16-17-38-18-19-39-20-21-40-22-23-41-24-25-42-31-14-6-27(7-15-31)32(26-4-10-29(36-2)11-5-26)33(34)28-8-12-30(37-3)13-9-28;1-4-25(21-11-7-5-8-12-21)26(22-13-9-6-10-14-22)23-15-17-24(18-16-23)28-20-19-27(2)3;1-3-13-4-6-14(7-5-13)12-17(18)15-8-10-16(19-2)11-9-15/h4-15H,16-25H2,1-3H3;5-18H,4,19-20H2,1-3H3;4-12H,3H2,1-2H3/b33-32+;26-25-;17-12-. The lowest BCUT2D eigenvalue weighted by atomic mass is 9.88. The second kappa shape index (κ2) is 40.8. The van der Waals surface area contributed by atoms with E-state index in [0.717, 1.165) is 86.6 Å². The molecule has 0 unspecified atom stereocenters. The van der Waals surface area contributed by atoms with E-state index in [-0.39, 0.29) is 0 Å². The Balaban J connectivity index is 0.000000230. The molecule has 0 bridgehead atoms. The number of rotatable bonds is 33. The summed E-state index contributed by atoms with van der Waals surface area (Å²) < 4.78 is 54.3. The Bertz CT molecular complexity index is 3300. The normalized spacial score (nSPS) is 11.7. The number of benzene rings is 8. The monoisotopic (exact) mass is 1240 g/mol. The van der Waals surface area contributed by atoms with E-state index in [9.17, 15) is 0 Å². The molecule has 0 N–H and O–H groups in total. The highest BCUT2D eigenvalue weighted by molar-refractivity contribution is 6.53. The first-order valence-electron chi connectivity index (χ1n) is 30.1. The van der Waals surface area contributed by atoms with Gasteiger partial charge in [0.1, 0.15) is 42.0 Å². The maximum Gasteiger partial charge on any atom is 0.119 e. The molecule has 8 aromatic carbocycles. The number of hydrogen-bond acceptors (Lipinski definition) is 11. The zero-order valence-electron chi connectivity index (χ0n) is 52.9. The van der Waals surface area contributed by atoms with Crippen LogP contribution in [-0.2, 0) is 30.1 Å². The molecule has 0 aliphatic rings. The van der Waals surface area contributed by atoms with E-state index >= 15 is 0 Å². The lowest BCUT2D eigenvalue weighted by Crippen LogP contribution is -2.19. The van der Waals surface area contributed by atoms with Gasteiger partial charge in [-0.3, -0.25) is 0 Å². The Morgan fingerprint density at radius 1 is 0.371 bits per heavy atom. The largest absolute Gasteiger partial charge is 0.497 e. The van der Waals surface area contributed by atoms with E-state index in [1.165, 1.54) is 33.4 Å². The predicted molar refractivity (Wildman–Crippen MR) is 367 cm³/mol. The van der Waals surface area contributed by atoms with Crippen LogP contribution in [0.1, 0.15) is 70.3 Å². The van der Waals surface area contributed by atoms with Crippen LogP contribution in [0.4, 0.5) is 0 Å². The summed E-state index contributed by atoms with van der Waals surface area (Å²) in [6, 6.07) is 69.4. The van der Waals surface area contributed by atoms with Crippen molar-refractivity contribution in [3.05, 3.63) is 256 Å². The van der Waals surface area contributed by atoms with Crippen molar-refractivity contribution >= 4 is 56.1 Å². The summed E-state index contributed by atoms with van der Waals surface area (Å²) in [6.45, 7) is 11.1. The zero-order valence-corrected chi connectivity index (χ0v) is 54.4. The number of likely N-dealkylation sites (N-methyl/N-ethyl adjacent to an activating group) is 1. The van der Waals surface area contributed by atoms with Crippen LogP contribution in [0.5, 0.6) is 28.7 Å². The van der Waals surface area contributed by atoms with Crippen molar-refractivity contribution in [1.29, 1.82) is 0 Å². The smallest absolute Gasteiger partial charge is 0.119 e. The van der Waals surface area contributed by atoms with Gasteiger partial charge in [-0.1, -0.05) is 158 Å². The van der Waals surface area contributed by atoms with Crippen LogP contribution in [0.25, 0.3) is 32.9 Å².